The molecule has 1 aliphatic heterocycles. The van der Waals surface area contributed by atoms with Crippen molar-refractivity contribution < 1.29 is 66.5 Å². The Morgan fingerprint density at radius 1 is 0.825 bits per heavy atom. The summed E-state index contributed by atoms with van der Waals surface area (Å²) in [6.45, 7) is 10.3. The van der Waals surface area contributed by atoms with E-state index in [0.717, 1.165) is 6.07 Å². The Morgan fingerprint density at radius 3 is 2.08 bits per heavy atom. The van der Waals surface area contributed by atoms with E-state index in [1.54, 1.807) is 43.4 Å². The second kappa shape index (κ2) is 18.5. The third-order valence-corrected chi connectivity index (χ3v) is 15.2. The van der Waals surface area contributed by atoms with Gasteiger partial charge < -0.3 is 14.7 Å². The van der Waals surface area contributed by atoms with Gasteiger partial charge in [0.2, 0.25) is 0 Å². The maximum absolute atomic E-state index is 12.7. The van der Waals surface area contributed by atoms with E-state index >= 15 is 0 Å². The summed E-state index contributed by atoms with van der Waals surface area (Å²) in [4.78, 5) is 11.4. The number of benzene rings is 4. The fraction of sp³-hybridized carbons (Fsp3) is 0.372. The molecule has 4 aromatic rings. The fourth-order valence-corrected chi connectivity index (χ4v) is 11.0. The number of methoxy groups -OCH3 is 1. The van der Waals surface area contributed by atoms with Gasteiger partial charge in [0.25, 0.3) is 40.5 Å². The van der Waals surface area contributed by atoms with Crippen LogP contribution in [0.15, 0.2) is 105 Å². The number of carboxylic acid groups (broad SMARTS) is 1. The average Bonchev–Trinajstić information content (AvgIpc) is 3.40. The van der Waals surface area contributed by atoms with Gasteiger partial charge in [0.05, 0.1) is 15.5 Å². The molecule has 0 fully saturated rings. The minimum atomic E-state index is -5.03. The molecule has 0 bridgehead atoms. The molecule has 20 heteroatoms. The standard InChI is InChI=1S/C43H51NO15S4/c1-28-14-15-30-16-17-31(61(50,51)52)25-34(30)40(28)42(3,20-10-24-60(47,48)49)29(2)11-9-12-38-43(4,21-23-59-5)41-35-26-32(62(53,54)55)27-37(63(56,57)58)33(35)18-19-36(41)44(38)22-8-6-7-13-39(45)46/h9,11-12,14-19,25-27H,2,6-8,10,13,20-24H2,1,3-5H3,(H,45,46)(H,47,48,49)(H,50,51,52)(H,53,54,55)(H,56,57,58)/b11-9+,38-12+. The van der Waals surface area contributed by atoms with E-state index in [1.165, 1.54) is 25.3 Å². The number of allylic oxidation sites excluding steroid dienone is 5. The Bertz CT molecular complexity index is 3000. The molecule has 0 saturated carbocycles. The molecule has 16 nitrogen and oxygen atoms in total. The van der Waals surface area contributed by atoms with Gasteiger partial charge in [-0.25, -0.2) is 0 Å². The number of ether oxygens (including phenoxy) is 1. The predicted molar refractivity (Wildman–Crippen MR) is 239 cm³/mol. The molecule has 0 aromatic heterocycles. The van der Waals surface area contributed by atoms with E-state index in [1.807, 2.05) is 24.8 Å². The van der Waals surface area contributed by atoms with Crippen LogP contribution in [-0.4, -0.2) is 89.0 Å². The van der Waals surface area contributed by atoms with Crippen molar-refractivity contribution in [3.8, 4) is 0 Å². The average molecular weight is 950 g/mol. The van der Waals surface area contributed by atoms with Gasteiger partial charge in [-0.15, -0.1) is 0 Å². The number of carboxylic acids is 1. The minimum Gasteiger partial charge on any atom is -0.481 e. The third kappa shape index (κ3) is 10.9. The molecule has 0 saturated heterocycles. The SMILES string of the molecule is C=C(/C=C/C=C1/N(CCCCCC(=O)O)c2ccc3c(S(=O)(=O)O)cc(S(=O)(=O)O)cc3c2C1(C)CCOC)C(C)(CCCS(=O)(=O)O)c1c(C)ccc2ccc(S(=O)(=O)O)cc12. The Morgan fingerprint density at radius 2 is 1.48 bits per heavy atom. The number of unbranched alkanes of at least 4 members (excludes halogenated alkanes) is 2. The summed E-state index contributed by atoms with van der Waals surface area (Å²) in [5, 5.41) is 10.4. The number of fused-ring (bicyclic) bond motifs is 4. The van der Waals surface area contributed by atoms with Gasteiger partial charge in [-0.1, -0.05) is 56.3 Å². The second-order valence-electron chi connectivity index (χ2n) is 16.1. The van der Waals surface area contributed by atoms with E-state index in [4.69, 9.17) is 4.74 Å². The number of rotatable bonds is 20. The zero-order valence-electron chi connectivity index (χ0n) is 35.1. The van der Waals surface area contributed by atoms with Gasteiger partial charge in [-0.2, -0.15) is 33.7 Å². The minimum absolute atomic E-state index is 0.0119. The van der Waals surface area contributed by atoms with Gasteiger partial charge in [0.15, 0.2) is 0 Å². The molecule has 0 aliphatic carbocycles. The van der Waals surface area contributed by atoms with Gasteiger partial charge in [-0.05, 0) is 121 Å². The van der Waals surface area contributed by atoms with Gasteiger partial charge >= 0.3 is 5.97 Å². The van der Waals surface area contributed by atoms with Crippen LogP contribution < -0.4 is 4.90 Å². The van der Waals surface area contributed by atoms with Crippen LogP contribution in [0, 0.1) is 6.92 Å². The van der Waals surface area contributed by atoms with E-state index in [2.05, 4.69) is 6.58 Å². The molecule has 0 spiro atoms. The molecule has 5 N–H and O–H groups in total. The summed E-state index contributed by atoms with van der Waals surface area (Å²) in [6.07, 6.45) is 6.87. The lowest BCUT2D eigenvalue weighted by Gasteiger charge is -2.34. The van der Waals surface area contributed by atoms with Crippen molar-refractivity contribution >= 4 is 73.7 Å². The highest BCUT2D eigenvalue weighted by Gasteiger charge is 2.45. The van der Waals surface area contributed by atoms with Crippen LogP contribution in [0.2, 0.25) is 0 Å². The zero-order chi connectivity index (χ0) is 46.9. The third-order valence-electron chi connectivity index (χ3n) is 11.8. The number of aliphatic carboxylic acids is 1. The molecular formula is C43H51NO15S4. The smallest absolute Gasteiger partial charge is 0.303 e. The summed E-state index contributed by atoms with van der Waals surface area (Å²) in [5.74, 6) is -1.52. The lowest BCUT2D eigenvalue weighted by atomic mass is 9.70. The number of hydrogen-bond donors (Lipinski definition) is 5. The van der Waals surface area contributed by atoms with Crippen LogP contribution in [0.5, 0.6) is 0 Å². The van der Waals surface area contributed by atoms with Crippen LogP contribution in [0.3, 0.4) is 0 Å². The topological polar surface area (TPSA) is 267 Å². The summed E-state index contributed by atoms with van der Waals surface area (Å²) in [5.41, 5.74) is 1.18. The van der Waals surface area contributed by atoms with Crippen LogP contribution in [-0.2, 0) is 60.8 Å². The van der Waals surface area contributed by atoms with Crippen LogP contribution in [0.25, 0.3) is 21.5 Å². The summed E-state index contributed by atoms with van der Waals surface area (Å²) >= 11 is 0. The number of carbonyl (C=O) groups is 1. The summed E-state index contributed by atoms with van der Waals surface area (Å²) < 4.78 is 144. The first-order valence-corrected chi connectivity index (χ1v) is 25.7. The monoisotopic (exact) mass is 949 g/mol. The summed E-state index contributed by atoms with van der Waals surface area (Å²) in [6, 6.07) is 12.6. The summed E-state index contributed by atoms with van der Waals surface area (Å²) in [7, 11) is -17.5. The van der Waals surface area contributed by atoms with Crippen molar-refractivity contribution in [3.63, 3.8) is 0 Å². The lowest BCUT2D eigenvalue weighted by Crippen LogP contribution is -2.30. The molecule has 1 aliphatic rings. The van der Waals surface area contributed by atoms with E-state index in [9.17, 15) is 61.8 Å². The van der Waals surface area contributed by atoms with Crippen LogP contribution in [0.1, 0.15) is 75.5 Å². The van der Waals surface area contributed by atoms with Crippen LogP contribution in [0.4, 0.5) is 5.69 Å². The molecule has 5 rings (SSSR count). The van der Waals surface area contributed by atoms with Crippen molar-refractivity contribution in [1.82, 2.24) is 0 Å². The molecular weight excluding hydrogens is 899 g/mol. The Balaban J connectivity index is 1.75. The number of nitrogens with zero attached hydrogens (tertiary/aromatic N) is 1. The molecule has 0 radical (unpaired) electrons. The van der Waals surface area contributed by atoms with Crippen molar-refractivity contribution in [2.75, 3.05) is 30.9 Å². The fourth-order valence-electron chi connectivity index (χ4n) is 8.68. The predicted octanol–water partition coefficient (Wildman–Crippen LogP) is 7.42. The Labute approximate surface area is 368 Å². The van der Waals surface area contributed by atoms with E-state index < -0.39 is 72.8 Å². The molecule has 63 heavy (non-hydrogen) atoms. The molecule has 2 atom stereocenters. The Kier molecular flexibility index (Phi) is 14.6. The van der Waals surface area contributed by atoms with Crippen LogP contribution >= 0.6 is 0 Å². The van der Waals surface area contributed by atoms with Crippen molar-refractivity contribution in [3.05, 3.63) is 107 Å². The van der Waals surface area contributed by atoms with Crippen molar-refractivity contribution in [1.29, 1.82) is 0 Å². The molecule has 4 aromatic carbocycles. The van der Waals surface area contributed by atoms with Gasteiger partial charge in [0, 0.05) is 54.3 Å². The van der Waals surface area contributed by atoms with E-state index in [-0.39, 0.29) is 48.0 Å². The second-order valence-corrected chi connectivity index (χ2v) is 21.9. The largest absolute Gasteiger partial charge is 0.481 e. The molecule has 2 unspecified atom stereocenters. The first-order chi connectivity index (χ1) is 29.1. The highest BCUT2D eigenvalue weighted by Crippen LogP contribution is 2.54. The van der Waals surface area contributed by atoms with Crippen molar-refractivity contribution in [2.24, 2.45) is 0 Å². The number of aryl methyl sites for hydroxylation is 1. The molecule has 342 valence electrons. The van der Waals surface area contributed by atoms with Gasteiger partial charge in [0.1, 0.15) is 4.90 Å². The first kappa shape index (κ1) is 49.5. The lowest BCUT2D eigenvalue weighted by molar-refractivity contribution is -0.137. The first-order valence-electron chi connectivity index (χ1n) is 19.7. The van der Waals surface area contributed by atoms with Gasteiger partial charge in [-0.3, -0.25) is 23.0 Å². The number of anilines is 1. The number of hydrogen-bond acceptors (Lipinski definition) is 11. The normalized spacial score (nSPS) is 17.8. The molecule has 0 amide bonds. The highest BCUT2D eigenvalue weighted by atomic mass is 32.2. The highest BCUT2D eigenvalue weighted by molar-refractivity contribution is 7.87. The Hall–Kier alpha value is -4.51. The maximum Gasteiger partial charge on any atom is 0.303 e. The molecule has 1 heterocycles. The zero-order valence-corrected chi connectivity index (χ0v) is 38.4. The quantitative estimate of drug-likeness (QED) is 0.0328. The maximum atomic E-state index is 12.7. The van der Waals surface area contributed by atoms with E-state index in [0.29, 0.717) is 76.3 Å². The van der Waals surface area contributed by atoms with Crippen molar-refractivity contribution in [2.45, 2.75) is 91.2 Å².